The normalized spacial score (nSPS) is 21.5. The van der Waals surface area contributed by atoms with Gasteiger partial charge < -0.3 is 10.2 Å². The summed E-state index contributed by atoms with van der Waals surface area (Å²) in [6, 6.07) is 10.3. The third-order valence-corrected chi connectivity index (χ3v) is 4.40. The zero-order valence-corrected chi connectivity index (χ0v) is 11.9. The van der Waals surface area contributed by atoms with E-state index in [0.29, 0.717) is 5.91 Å². The summed E-state index contributed by atoms with van der Waals surface area (Å²) in [4.78, 5) is 14.3. The van der Waals surface area contributed by atoms with Gasteiger partial charge in [-0.2, -0.15) is 0 Å². The molecule has 0 aliphatic carbocycles. The summed E-state index contributed by atoms with van der Waals surface area (Å²) < 4.78 is 0. The second-order valence-corrected chi connectivity index (χ2v) is 5.44. The Hall–Kier alpha value is -1.06. The number of benzene rings is 1. The van der Waals surface area contributed by atoms with Crippen LogP contribution in [-0.4, -0.2) is 29.4 Å². The summed E-state index contributed by atoms with van der Waals surface area (Å²) in [5, 5.41) is 3.40. The molecule has 1 aromatic rings. The monoisotopic (exact) mass is 280 g/mol. The van der Waals surface area contributed by atoms with Crippen molar-refractivity contribution in [3.8, 4) is 0 Å². The van der Waals surface area contributed by atoms with E-state index in [1.165, 1.54) is 5.56 Å². The molecule has 1 amide bonds. The first kappa shape index (κ1) is 14.4. The Morgan fingerprint density at radius 1 is 1.11 bits per heavy atom. The number of likely N-dealkylation sites (tertiary alicyclic amines) is 1. The molecule has 3 rings (SSSR count). The maximum absolute atomic E-state index is 12.2. The van der Waals surface area contributed by atoms with Crippen molar-refractivity contribution < 1.29 is 4.79 Å². The van der Waals surface area contributed by atoms with Gasteiger partial charge in [0.05, 0.1) is 0 Å². The number of nitrogens with one attached hydrogen (secondary N) is 1. The van der Waals surface area contributed by atoms with E-state index in [1.54, 1.807) is 0 Å². The molecule has 0 saturated carbocycles. The molecule has 2 heterocycles. The van der Waals surface area contributed by atoms with Crippen LogP contribution in [0, 0.1) is 0 Å². The lowest BCUT2D eigenvalue weighted by Gasteiger charge is -2.42. The van der Waals surface area contributed by atoms with Crippen LogP contribution in [0.5, 0.6) is 0 Å². The maximum Gasteiger partial charge on any atom is 0.223 e. The van der Waals surface area contributed by atoms with E-state index >= 15 is 0 Å². The zero-order valence-electron chi connectivity index (χ0n) is 11.1. The lowest BCUT2D eigenvalue weighted by Crippen LogP contribution is -2.51. The lowest BCUT2D eigenvalue weighted by molar-refractivity contribution is -0.132. The van der Waals surface area contributed by atoms with Crippen molar-refractivity contribution in [3.05, 3.63) is 35.9 Å². The van der Waals surface area contributed by atoms with Gasteiger partial charge in [-0.1, -0.05) is 30.3 Å². The van der Waals surface area contributed by atoms with Crippen LogP contribution < -0.4 is 5.32 Å². The van der Waals surface area contributed by atoms with Crippen molar-refractivity contribution in [2.24, 2.45) is 0 Å². The van der Waals surface area contributed by atoms with Crippen molar-refractivity contribution in [1.82, 2.24) is 10.2 Å². The molecule has 0 unspecified atom stereocenters. The number of amides is 1. The molecule has 2 fully saturated rings. The predicted molar refractivity (Wildman–Crippen MR) is 78.3 cm³/mol. The van der Waals surface area contributed by atoms with Crippen molar-refractivity contribution in [2.75, 3.05) is 13.1 Å². The van der Waals surface area contributed by atoms with E-state index in [0.717, 1.165) is 45.3 Å². The predicted octanol–water partition coefficient (Wildman–Crippen LogP) is 2.35. The first-order valence-electron chi connectivity index (χ1n) is 6.85. The summed E-state index contributed by atoms with van der Waals surface area (Å²) in [5.41, 5.74) is 1.38. The third-order valence-electron chi connectivity index (χ3n) is 4.40. The highest BCUT2D eigenvalue weighted by atomic mass is 35.5. The number of hydrogen-bond donors (Lipinski definition) is 1. The molecule has 2 aliphatic heterocycles. The molecule has 1 N–H and O–H groups in total. The van der Waals surface area contributed by atoms with Crippen LogP contribution in [0.1, 0.15) is 31.2 Å². The molecule has 19 heavy (non-hydrogen) atoms. The van der Waals surface area contributed by atoms with Gasteiger partial charge in [-0.15, -0.1) is 12.4 Å². The number of rotatable bonds is 2. The van der Waals surface area contributed by atoms with Crippen LogP contribution in [0.4, 0.5) is 0 Å². The Balaban J connectivity index is 0.00000133. The summed E-state index contributed by atoms with van der Waals surface area (Å²) in [7, 11) is 0. The molecular formula is C15H21ClN2O. The average Bonchev–Trinajstić information content (AvgIpc) is 2.71. The van der Waals surface area contributed by atoms with Gasteiger partial charge in [0.1, 0.15) is 0 Å². The Morgan fingerprint density at radius 3 is 2.47 bits per heavy atom. The van der Waals surface area contributed by atoms with Crippen LogP contribution in [0.15, 0.2) is 30.3 Å². The second kappa shape index (κ2) is 5.93. The number of carbonyl (C=O) groups excluding carboxylic acids is 1. The summed E-state index contributed by atoms with van der Waals surface area (Å²) in [6.07, 6.45) is 3.98. The van der Waals surface area contributed by atoms with E-state index in [9.17, 15) is 4.79 Å². The Labute approximate surface area is 120 Å². The highest BCUT2D eigenvalue weighted by Gasteiger charge is 2.45. The molecule has 4 heteroatoms. The molecule has 2 aliphatic rings. The minimum absolute atomic E-state index is 0. The minimum atomic E-state index is 0. The van der Waals surface area contributed by atoms with E-state index < -0.39 is 0 Å². The first-order valence-corrected chi connectivity index (χ1v) is 6.85. The molecule has 0 bridgehead atoms. The van der Waals surface area contributed by atoms with Gasteiger partial charge in [-0.25, -0.2) is 0 Å². The lowest BCUT2D eigenvalue weighted by atomic mass is 9.85. The first-order chi connectivity index (χ1) is 8.80. The van der Waals surface area contributed by atoms with Crippen molar-refractivity contribution in [2.45, 2.75) is 37.8 Å². The van der Waals surface area contributed by atoms with Crippen LogP contribution in [-0.2, 0) is 11.3 Å². The van der Waals surface area contributed by atoms with E-state index in [4.69, 9.17) is 0 Å². The minimum Gasteiger partial charge on any atom is -0.333 e. The molecule has 2 saturated heterocycles. The number of halogens is 1. The number of hydrogen-bond acceptors (Lipinski definition) is 2. The molecule has 0 radical (unpaired) electrons. The van der Waals surface area contributed by atoms with Gasteiger partial charge in [-0.3, -0.25) is 4.79 Å². The van der Waals surface area contributed by atoms with Crippen LogP contribution in [0.25, 0.3) is 0 Å². The SMILES string of the molecule is Cl.O=C1CCC2(CCNCC2)N1Cc1ccccc1. The zero-order chi connectivity index (χ0) is 12.4. The maximum atomic E-state index is 12.2. The number of carbonyl (C=O) groups is 1. The van der Waals surface area contributed by atoms with Crippen molar-refractivity contribution >= 4 is 18.3 Å². The van der Waals surface area contributed by atoms with Crippen molar-refractivity contribution in [1.29, 1.82) is 0 Å². The van der Waals surface area contributed by atoms with Gasteiger partial charge in [-0.05, 0) is 37.9 Å². The fraction of sp³-hybridized carbons (Fsp3) is 0.533. The van der Waals surface area contributed by atoms with Crippen LogP contribution in [0.3, 0.4) is 0 Å². The van der Waals surface area contributed by atoms with E-state index in [-0.39, 0.29) is 17.9 Å². The van der Waals surface area contributed by atoms with Crippen LogP contribution >= 0.6 is 12.4 Å². The van der Waals surface area contributed by atoms with Crippen molar-refractivity contribution in [3.63, 3.8) is 0 Å². The molecule has 0 aromatic heterocycles. The molecule has 1 spiro atoms. The fourth-order valence-corrected chi connectivity index (χ4v) is 3.31. The smallest absolute Gasteiger partial charge is 0.223 e. The van der Waals surface area contributed by atoms with Gasteiger partial charge in [0.25, 0.3) is 0 Å². The molecular weight excluding hydrogens is 260 g/mol. The summed E-state index contributed by atoms with van der Waals surface area (Å²) >= 11 is 0. The van der Waals surface area contributed by atoms with Gasteiger partial charge >= 0.3 is 0 Å². The van der Waals surface area contributed by atoms with Gasteiger partial charge in [0.2, 0.25) is 5.91 Å². The number of piperidine rings is 1. The second-order valence-electron chi connectivity index (χ2n) is 5.44. The van der Waals surface area contributed by atoms with Gasteiger partial charge in [0.15, 0.2) is 0 Å². The third kappa shape index (κ3) is 2.77. The fourth-order valence-electron chi connectivity index (χ4n) is 3.31. The molecule has 1 aromatic carbocycles. The molecule has 0 atom stereocenters. The Kier molecular flexibility index (Phi) is 4.48. The molecule has 3 nitrogen and oxygen atoms in total. The topological polar surface area (TPSA) is 32.3 Å². The standard InChI is InChI=1S/C15H20N2O.ClH/c18-14-6-7-15(8-10-16-11-9-15)17(14)12-13-4-2-1-3-5-13;/h1-5,16H,6-12H2;1H. The average molecular weight is 281 g/mol. The Morgan fingerprint density at radius 2 is 1.79 bits per heavy atom. The molecule has 104 valence electrons. The summed E-state index contributed by atoms with van der Waals surface area (Å²) in [5.74, 6) is 0.334. The van der Waals surface area contributed by atoms with Gasteiger partial charge in [0, 0.05) is 18.5 Å². The highest BCUT2D eigenvalue weighted by Crippen LogP contribution is 2.38. The van der Waals surface area contributed by atoms with Crippen LogP contribution in [0.2, 0.25) is 0 Å². The Bertz CT molecular complexity index is 429. The quantitative estimate of drug-likeness (QED) is 0.902. The highest BCUT2D eigenvalue weighted by molar-refractivity contribution is 5.85. The number of nitrogens with zero attached hydrogens (tertiary/aromatic N) is 1. The largest absolute Gasteiger partial charge is 0.333 e. The summed E-state index contributed by atoms with van der Waals surface area (Å²) in [6.45, 7) is 2.86. The van der Waals surface area contributed by atoms with E-state index in [1.807, 2.05) is 18.2 Å². The van der Waals surface area contributed by atoms with E-state index in [2.05, 4.69) is 22.3 Å².